The average molecular weight is 600 g/mol. The van der Waals surface area contributed by atoms with Crippen LogP contribution in [0.4, 0.5) is 70.2 Å². The Balaban J connectivity index is 5.32. The summed E-state index contributed by atoms with van der Waals surface area (Å²) in [6, 6.07) is 0. The molecule has 0 amide bonds. The zero-order valence-electron chi connectivity index (χ0n) is 16.8. The van der Waals surface area contributed by atoms with Gasteiger partial charge >= 0.3 is 42.5 Å². The van der Waals surface area contributed by atoms with Crippen LogP contribution in [0.1, 0.15) is 6.42 Å². The molecule has 0 aliphatic carbocycles. The molecule has 0 rings (SSSR count). The summed E-state index contributed by atoms with van der Waals surface area (Å²) < 4.78 is 238. The van der Waals surface area contributed by atoms with E-state index in [4.69, 9.17) is 0 Å². The lowest BCUT2D eigenvalue weighted by Gasteiger charge is -2.36. The van der Waals surface area contributed by atoms with Crippen LogP contribution in [0.3, 0.4) is 0 Å². The van der Waals surface area contributed by atoms with Crippen molar-refractivity contribution in [1.29, 1.82) is 0 Å². The molecule has 23 heteroatoms. The Labute approximate surface area is 189 Å². The lowest BCUT2D eigenvalue weighted by molar-refractivity contribution is -0.543. The molecule has 0 spiro atoms. The number of alkyl halides is 16. The van der Waals surface area contributed by atoms with E-state index in [1.807, 2.05) is 0 Å². The van der Waals surface area contributed by atoms with Crippen LogP contribution in [0, 0.1) is 0 Å². The first-order valence-corrected chi connectivity index (χ1v) is 10.1. The summed E-state index contributed by atoms with van der Waals surface area (Å²) in [5, 5.41) is 0. The molecule has 0 aliphatic rings. The maximum atomic E-state index is 13.3. The zero-order chi connectivity index (χ0) is 29.2. The summed E-state index contributed by atoms with van der Waals surface area (Å²) in [6.07, 6.45) is -38.2. The number of ether oxygens (including phenoxy) is 3. The zero-order valence-corrected chi connectivity index (χ0v) is 17.6. The minimum atomic E-state index is -7.97. The van der Waals surface area contributed by atoms with E-state index in [0.717, 1.165) is 0 Å². The normalized spacial score (nSPS) is 16.4. The van der Waals surface area contributed by atoms with E-state index in [9.17, 15) is 78.7 Å². The van der Waals surface area contributed by atoms with E-state index in [-0.39, 0.29) is 0 Å². The minimum Gasteiger partial charge on any atom is -0.369 e. The highest BCUT2D eigenvalue weighted by Gasteiger charge is 2.85. The number of hydrogen-bond donors (Lipinski definition) is 0. The SMILES string of the molecule is CS(=O)(=O)OCC[C@H](F)COCC(F)(F)OC(F)(F)C(F)(F)OC(F)(F)C(F)(F)C(F)(F)C(F)(F)F. The molecule has 0 saturated carbocycles. The van der Waals surface area contributed by atoms with Crippen molar-refractivity contribution in [3.8, 4) is 0 Å². The lowest BCUT2D eigenvalue weighted by Crippen LogP contribution is -2.64. The quantitative estimate of drug-likeness (QED) is 0.196. The molecule has 36 heavy (non-hydrogen) atoms. The van der Waals surface area contributed by atoms with Crippen LogP contribution in [0.5, 0.6) is 0 Å². The summed E-state index contributed by atoms with van der Waals surface area (Å²) in [5.41, 5.74) is 0. The summed E-state index contributed by atoms with van der Waals surface area (Å²) in [6.45, 7) is -4.93. The standard InChI is InChI=1S/C13H12F16O6S/c1-36(30,31)33-3-2-6(14)4-32-5-7(15,16)34-12(26,27)13(28,29)35-11(24,25)9(19,20)8(17,18)10(21,22)23/h6H,2-5H2,1H3/t6-/m0/s1. The Morgan fingerprint density at radius 2 is 1.14 bits per heavy atom. The molecule has 0 heterocycles. The Morgan fingerprint density at radius 1 is 0.694 bits per heavy atom. The Morgan fingerprint density at radius 3 is 1.56 bits per heavy atom. The molecule has 218 valence electrons. The number of hydrogen-bond acceptors (Lipinski definition) is 6. The molecule has 0 radical (unpaired) electrons. The van der Waals surface area contributed by atoms with E-state index in [1.165, 1.54) is 4.74 Å². The van der Waals surface area contributed by atoms with Gasteiger partial charge < -0.3 is 4.74 Å². The average Bonchev–Trinajstić information content (AvgIpc) is 2.56. The Kier molecular flexibility index (Phi) is 10.4. The van der Waals surface area contributed by atoms with Gasteiger partial charge in [0, 0.05) is 6.42 Å². The first kappa shape index (κ1) is 34.7. The topological polar surface area (TPSA) is 71.1 Å². The molecule has 6 nitrogen and oxygen atoms in total. The molecule has 0 aromatic carbocycles. The maximum absolute atomic E-state index is 13.3. The third-order valence-corrected chi connectivity index (χ3v) is 3.88. The molecule has 0 aromatic heterocycles. The Hall–Kier alpha value is -1.33. The van der Waals surface area contributed by atoms with Gasteiger partial charge in [-0.05, 0) is 0 Å². The van der Waals surface area contributed by atoms with Gasteiger partial charge in [-0.25, -0.2) is 13.9 Å². The first-order chi connectivity index (χ1) is 15.5. The summed E-state index contributed by atoms with van der Waals surface area (Å²) in [5.74, 6) is -15.8. The van der Waals surface area contributed by atoms with Crippen molar-refractivity contribution in [2.75, 3.05) is 26.1 Å². The molecular formula is C13H12F16O6S. The van der Waals surface area contributed by atoms with E-state index in [0.29, 0.717) is 6.26 Å². The third-order valence-electron chi connectivity index (χ3n) is 3.29. The van der Waals surface area contributed by atoms with Crippen molar-refractivity contribution in [2.24, 2.45) is 0 Å². The van der Waals surface area contributed by atoms with Gasteiger partial charge in [0.25, 0.3) is 10.1 Å². The molecule has 0 bridgehead atoms. The van der Waals surface area contributed by atoms with Gasteiger partial charge in [0.2, 0.25) is 0 Å². The molecule has 0 N–H and O–H groups in total. The number of rotatable bonds is 15. The highest BCUT2D eigenvalue weighted by atomic mass is 32.2. The van der Waals surface area contributed by atoms with E-state index in [2.05, 4.69) is 13.7 Å². The molecule has 1 atom stereocenters. The molecule has 0 aromatic rings. The van der Waals surface area contributed by atoms with Gasteiger partial charge in [-0.2, -0.15) is 74.3 Å². The van der Waals surface area contributed by atoms with Crippen molar-refractivity contribution in [3.63, 3.8) is 0 Å². The van der Waals surface area contributed by atoms with Gasteiger partial charge in [0.05, 0.1) is 19.5 Å². The molecule has 0 fully saturated rings. The molecule has 0 aliphatic heterocycles. The number of halogens is 16. The predicted molar refractivity (Wildman–Crippen MR) is 79.0 cm³/mol. The summed E-state index contributed by atoms with van der Waals surface area (Å²) >= 11 is 0. The second-order valence-corrected chi connectivity index (χ2v) is 8.11. The van der Waals surface area contributed by atoms with Crippen LogP contribution in [0.25, 0.3) is 0 Å². The van der Waals surface area contributed by atoms with Crippen LogP contribution in [-0.2, 0) is 28.5 Å². The van der Waals surface area contributed by atoms with Crippen LogP contribution >= 0.6 is 0 Å². The van der Waals surface area contributed by atoms with Crippen LogP contribution in [-0.4, -0.2) is 83.1 Å². The first-order valence-electron chi connectivity index (χ1n) is 8.31. The van der Waals surface area contributed by atoms with Gasteiger partial charge in [-0.1, -0.05) is 0 Å². The minimum absolute atomic E-state index is 0.535. The second kappa shape index (κ2) is 10.8. The second-order valence-electron chi connectivity index (χ2n) is 6.47. The fraction of sp³-hybridized carbons (Fsp3) is 1.00. The van der Waals surface area contributed by atoms with E-state index in [1.54, 1.807) is 0 Å². The van der Waals surface area contributed by atoms with Crippen molar-refractivity contribution < 1.29 is 97.1 Å². The fourth-order valence-electron chi connectivity index (χ4n) is 1.64. The van der Waals surface area contributed by atoms with Crippen molar-refractivity contribution in [1.82, 2.24) is 0 Å². The van der Waals surface area contributed by atoms with Crippen molar-refractivity contribution >= 4 is 10.1 Å². The third kappa shape index (κ3) is 8.90. The lowest BCUT2D eigenvalue weighted by atomic mass is 10.1. The van der Waals surface area contributed by atoms with E-state index >= 15 is 0 Å². The van der Waals surface area contributed by atoms with Gasteiger partial charge in [0.1, 0.15) is 12.8 Å². The maximum Gasteiger partial charge on any atom is 0.460 e. The predicted octanol–water partition coefficient (Wildman–Crippen LogP) is 4.94. The Bertz CT molecular complexity index is 827. The summed E-state index contributed by atoms with van der Waals surface area (Å²) in [7, 11) is -4.05. The molecule has 0 saturated heterocycles. The van der Waals surface area contributed by atoms with Gasteiger partial charge in [-0.3, -0.25) is 4.18 Å². The van der Waals surface area contributed by atoms with Crippen LogP contribution < -0.4 is 0 Å². The van der Waals surface area contributed by atoms with Crippen LogP contribution in [0.15, 0.2) is 0 Å². The molecular weight excluding hydrogens is 588 g/mol. The highest BCUT2D eigenvalue weighted by molar-refractivity contribution is 7.85. The van der Waals surface area contributed by atoms with Crippen LogP contribution in [0.2, 0.25) is 0 Å². The highest BCUT2D eigenvalue weighted by Crippen LogP contribution is 2.55. The fourth-order valence-corrected chi connectivity index (χ4v) is 2.04. The van der Waals surface area contributed by atoms with Crippen molar-refractivity contribution in [2.45, 2.75) is 55.0 Å². The largest absolute Gasteiger partial charge is 0.460 e. The molecule has 0 unspecified atom stereocenters. The smallest absolute Gasteiger partial charge is 0.369 e. The van der Waals surface area contributed by atoms with Gasteiger partial charge in [-0.15, -0.1) is 0 Å². The van der Waals surface area contributed by atoms with Gasteiger partial charge in [0.15, 0.2) is 0 Å². The summed E-state index contributed by atoms with van der Waals surface area (Å²) in [4.78, 5) is 0. The van der Waals surface area contributed by atoms with Crippen molar-refractivity contribution in [3.05, 3.63) is 0 Å². The monoisotopic (exact) mass is 600 g/mol. The van der Waals surface area contributed by atoms with E-state index < -0.39 is 85.0 Å².